The van der Waals surface area contributed by atoms with E-state index in [2.05, 4.69) is 15.9 Å². The molecular formula is C19H25N3O2S2. The van der Waals surface area contributed by atoms with Gasteiger partial charge in [0.2, 0.25) is 5.91 Å². The number of hydrogen-bond donors (Lipinski definition) is 0. The summed E-state index contributed by atoms with van der Waals surface area (Å²) >= 11 is 3.67. The van der Waals surface area contributed by atoms with E-state index in [4.69, 9.17) is 9.72 Å². The summed E-state index contributed by atoms with van der Waals surface area (Å²) in [6.07, 6.45) is 1.85. The Morgan fingerprint density at radius 3 is 2.73 bits per heavy atom. The summed E-state index contributed by atoms with van der Waals surface area (Å²) in [6, 6.07) is 6.11. The van der Waals surface area contributed by atoms with Gasteiger partial charge in [-0.1, -0.05) is 17.4 Å². The third-order valence-corrected chi connectivity index (χ3v) is 7.13. The molecule has 0 saturated carbocycles. The quantitative estimate of drug-likeness (QED) is 0.798. The molecule has 2 aliphatic rings. The lowest BCUT2D eigenvalue weighted by atomic mass is 9.95. The van der Waals surface area contributed by atoms with Crippen LogP contribution in [0.5, 0.6) is 5.75 Å². The normalized spacial score (nSPS) is 19.1. The minimum Gasteiger partial charge on any atom is -0.492 e. The molecule has 1 aromatic heterocycles. The number of amides is 1. The Hall–Kier alpha value is -1.47. The van der Waals surface area contributed by atoms with Crippen LogP contribution in [0, 0.1) is 5.92 Å². The van der Waals surface area contributed by atoms with Crippen LogP contribution in [0.15, 0.2) is 18.2 Å². The van der Waals surface area contributed by atoms with E-state index in [0.29, 0.717) is 12.5 Å². The van der Waals surface area contributed by atoms with Crippen molar-refractivity contribution in [1.29, 1.82) is 0 Å². The van der Waals surface area contributed by atoms with Crippen molar-refractivity contribution in [2.75, 3.05) is 49.2 Å². The van der Waals surface area contributed by atoms with Crippen molar-refractivity contribution in [3.05, 3.63) is 18.2 Å². The molecule has 0 unspecified atom stereocenters. The van der Waals surface area contributed by atoms with Crippen LogP contribution in [-0.4, -0.2) is 60.1 Å². The highest BCUT2D eigenvalue weighted by Crippen LogP contribution is 2.36. The van der Waals surface area contributed by atoms with Gasteiger partial charge in [-0.15, -0.1) is 0 Å². The molecule has 140 valence electrons. The lowest BCUT2D eigenvalue weighted by Gasteiger charge is -2.35. The second-order valence-electron chi connectivity index (χ2n) is 6.73. The second kappa shape index (κ2) is 8.05. The molecule has 1 aromatic carbocycles. The molecule has 26 heavy (non-hydrogen) atoms. The molecule has 2 aliphatic heterocycles. The first-order chi connectivity index (χ1) is 12.8. The van der Waals surface area contributed by atoms with Crippen molar-refractivity contribution < 1.29 is 9.53 Å². The molecule has 0 atom stereocenters. The Bertz CT molecular complexity index is 765. The van der Waals surface area contributed by atoms with E-state index in [1.165, 1.54) is 0 Å². The van der Waals surface area contributed by atoms with Crippen molar-refractivity contribution in [2.45, 2.75) is 19.8 Å². The number of nitrogens with zero attached hydrogens (tertiary/aromatic N) is 3. The van der Waals surface area contributed by atoms with Crippen LogP contribution >= 0.6 is 23.1 Å². The van der Waals surface area contributed by atoms with E-state index < -0.39 is 0 Å². The van der Waals surface area contributed by atoms with Crippen LogP contribution in [-0.2, 0) is 4.79 Å². The average molecular weight is 392 g/mol. The number of anilines is 1. The van der Waals surface area contributed by atoms with Crippen molar-refractivity contribution in [1.82, 2.24) is 9.88 Å². The van der Waals surface area contributed by atoms with E-state index in [1.54, 1.807) is 11.3 Å². The number of fused-ring (bicyclic) bond motifs is 1. The van der Waals surface area contributed by atoms with Crippen LogP contribution in [0.3, 0.4) is 0 Å². The van der Waals surface area contributed by atoms with Crippen LogP contribution in [0.4, 0.5) is 5.13 Å². The topological polar surface area (TPSA) is 45.7 Å². The van der Waals surface area contributed by atoms with Crippen molar-refractivity contribution in [3.8, 4) is 5.75 Å². The molecule has 7 heteroatoms. The van der Waals surface area contributed by atoms with Crippen LogP contribution in [0.1, 0.15) is 19.8 Å². The second-order valence-corrected chi connectivity index (χ2v) is 8.97. The maximum atomic E-state index is 12.7. The Kier molecular flexibility index (Phi) is 5.55. The summed E-state index contributed by atoms with van der Waals surface area (Å²) in [7, 11) is 0. The van der Waals surface area contributed by atoms with Crippen molar-refractivity contribution in [3.63, 3.8) is 0 Å². The summed E-state index contributed by atoms with van der Waals surface area (Å²) in [5.41, 5.74) is 0.957. The smallest absolute Gasteiger partial charge is 0.225 e. The van der Waals surface area contributed by atoms with Gasteiger partial charge in [0.15, 0.2) is 5.13 Å². The molecule has 0 N–H and O–H groups in total. The van der Waals surface area contributed by atoms with Gasteiger partial charge in [-0.25, -0.2) is 4.98 Å². The lowest BCUT2D eigenvalue weighted by Crippen LogP contribution is -2.45. The van der Waals surface area contributed by atoms with Crippen molar-refractivity contribution >= 4 is 44.4 Å². The summed E-state index contributed by atoms with van der Waals surface area (Å²) in [6.45, 7) is 6.29. The Labute approximate surface area is 162 Å². The van der Waals surface area contributed by atoms with Crippen LogP contribution < -0.4 is 9.64 Å². The first kappa shape index (κ1) is 17.9. The van der Waals surface area contributed by atoms with Gasteiger partial charge in [0.25, 0.3) is 0 Å². The minimum absolute atomic E-state index is 0.183. The molecule has 0 aliphatic carbocycles. The Balaban J connectivity index is 1.42. The number of piperidine rings is 1. The highest BCUT2D eigenvalue weighted by atomic mass is 32.2. The van der Waals surface area contributed by atoms with Crippen LogP contribution in [0.2, 0.25) is 0 Å². The molecular weight excluding hydrogens is 366 g/mol. The number of aromatic nitrogens is 1. The molecule has 2 fully saturated rings. The highest BCUT2D eigenvalue weighted by molar-refractivity contribution is 7.99. The van der Waals surface area contributed by atoms with Crippen molar-refractivity contribution in [2.24, 2.45) is 5.92 Å². The Morgan fingerprint density at radius 2 is 2.00 bits per heavy atom. The zero-order valence-electron chi connectivity index (χ0n) is 15.1. The molecule has 5 nitrogen and oxygen atoms in total. The monoisotopic (exact) mass is 391 g/mol. The largest absolute Gasteiger partial charge is 0.492 e. The first-order valence-corrected chi connectivity index (χ1v) is 11.4. The summed E-state index contributed by atoms with van der Waals surface area (Å²) in [4.78, 5) is 22.0. The standard InChI is InChI=1S/C19H25N3O2S2/c1-2-24-15-4-3-5-16-17(15)20-19(26-16)22-8-6-14(7-9-22)18(23)21-10-12-25-13-11-21/h3-5,14H,2,6-13H2,1H3. The van der Waals surface area contributed by atoms with Gasteiger partial charge >= 0.3 is 0 Å². The molecule has 1 amide bonds. The number of para-hydroxylation sites is 1. The fraction of sp³-hybridized carbons (Fsp3) is 0.579. The highest BCUT2D eigenvalue weighted by Gasteiger charge is 2.30. The van der Waals surface area contributed by atoms with Gasteiger partial charge in [0, 0.05) is 43.6 Å². The third-order valence-electron chi connectivity index (χ3n) is 5.11. The number of ether oxygens (including phenoxy) is 1. The molecule has 2 aromatic rings. The molecule has 0 radical (unpaired) electrons. The number of benzene rings is 1. The third kappa shape index (κ3) is 3.64. The van der Waals surface area contributed by atoms with E-state index in [-0.39, 0.29) is 5.92 Å². The van der Waals surface area contributed by atoms with Crippen LogP contribution in [0.25, 0.3) is 10.2 Å². The number of carbonyl (C=O) groups excluding carboxylic acids is 1. The Morgan fingerprint density at radius 1 is 1.23 bits per heavy atom. The zero-order valence-corrected chi connectivity index (χ0v) is 16.8. The maximum absolute atomic E-state index is 12.7. The number of carbonyl (C=O) groups is 1. The lowest BCUT2D eigenvalue weighted by molar-refractivity contribution is -0.135. The molecule has 4 rings (SSSR count). The zero-order chi connectivity index (χ0) is 17.9. The predicted octanol–water partition coefficient (Wildman–Crippen LogP) is 3.49. The first-order valence-electron chi connectivity index (χ1n) is 9.40. The number of rotatable bonds is 4. The van der Waals surface area contributed by atoms with E-state index in [9.17, 15) is 4.79 Å². The van der Waals surface area contributed by atoms with Gasteiger partial charge < -0.3 is 14.5 Å². The molecule has 0 bridgehead atoms. The SMILES string of the molecule is CCOc1cccc2sc(N3CCC(C(=O)N4CCSCC4)CC3)nc12. The summed E-state index contributed by atoms with van der Waals surface area (Å²) in [5.74, 6) is 3.58. The number of hydrogen-bond acceptors (Lipinski definition) is 6. The van der Waals surface area contributed by atoms with Gasteiger partial charge in [0.1, 0.15) is 11.3 Å². The maximum Gasteiger partial charge on any atom is 0.225 e. The van der Waals surface area contributed by atoms with Gasteiger partial charge in [-0.3, -0.25) is 4.79 Å². The summed E-state index contributed by atoms with van der Waals surface area (Å²) in [5, 5.41) is 1.05. The molecule has 3 heterocycles. The van der Waals surface area contributed by atoms with Gasteiger partial charge in [0.05, 0.1) is 11.3 Å². The minimum atomic E-state index is 0.183. The van der Waals surface area contributed by atoms with E-state index >= 15 is 0 Å². The number of thioether (sulfide) groups is 1. The predicted molar refractivity (Wildman–Crippen MR) is 110 cm³/mol. The fourth-order valence-corrected chi connectivity index (χ4v) is 5.62. The molecule has 0 spiro atoms. The summed E-state index contributed by atoms with van der Waals surface area (Å²) < 4.78 is 6.87. The van der Waals surface area contributed by atoms with Gasteiger partial charge in [-0.05, 0) is 31.9 Å². The number of thiazole rings is 1. The average Bonchev–Trinajstić information content (AvgIpc) is 3.14. The van der Waals surface area contributed by atoms with E-state index in [1.807, 2.05) is 30.8 Å². The fourth-order valence-electron chi connectivity index (χ4n) is 3.68. The molecule has 2 saturated heterocycles. The van der Waals surface area contributed by atoms with Gasteiger partial charge in [-0.2, -0.15) is 11.8 Å². The van der Waals surface area contributed by atoms with E-state index in [0.717, 1.165) is 71.6 Å².